The second kappa shape index (κ2) is 9.19. The van der Waals surface area contributed by atoms with Crippen LogP contribution < -0.4 is 5.32 Å². The molecule has 0 aliphatic carbocycles. The largest absolute Gasteiger partial charge is 0.366 e. The fourth-order valence-electron chi connectivity index (χ4n) is 2.77. The number of halogens is 1. The van der Waals surface area contributed by atoms with Gasteiger partial charge in [-0.15, -0.1) is 0 Å². The molecule has 3 aromatic rings. The van der Waals surface area contributed by atoms with Crippen LogP contribution in [0.2, 0.25) is 5.02 Å². The monoisotopic (exact) mass is 379 g/mol. The highest BCUT2D eigenvalue weighted by Crippen LogP contribution is 2.17. The maximum absolute atomic E-state index is 12.8. The van der Waals surface area contributed by atoms with Gasteiger partial charge in [0.05, 0.1) is 5.56 Å². The highest BCUT2D eigenvalue weighted by Gasteiger charge is 2.15. The Bertz CT molecular complexity index is 882. The van der Waals surface area contributed by atoms with Crippen molar-refractivity contribution in [3.8, 4) is 0 Å². The average Bonchev–Trinajstić information content (AvgIpc) is 2.72. The van der Waals surface area contributed by atoms with E-state index < -0.39 is 0 Å². The molecule has 4 nitrogen and oxygen atoms in total. The van der Waals surface area contributed by atoms with Crippen LogP contribution >= 0.6 is 11.6 Å². The maximum atomic E-state index is 12.8. The summed E-state index contributed by atoms with van der Waals surface area (Å²) in [6.07, 6.45) is 1.62. The Kier molecular flexibility index (Phi) is 6.44. The standard InChI is InChI=1S/C22H22ClN3O/c1-2-26(16-17-8-4-3-5-9-17)22(27)19-12-13-21(25-15-19)24-14-18-10-6-7-11-20(18)23/h3-13,15H,2,14,16H2,1H3,(H,24,25). The topological polar surface area (TPSA) is 45.2 Å². The summed E-state index contributed by atoms with van der Waals surface area (Å²) >= 11 is 6.16. The lowest BCUT2D eigenvalue weighted by Gasteiger charge is -2.21. The normalized spacial score (nSPS) is 10.4. The van der Waals surface area contributed by atoms with E-state index in [9.17, 15) is 4.79 Å². The van der Waals surface area contributed by atoms with Crippen LogP contribution in [0.15, 0.2) is 72.9 Å². The first-order chi connectivity index (χ1) is 13.2. The molecule has 1 N–H and O–H groups in total. The molecule has 0 aliphatic rings. The number of hydrogen-bond acceptors (Lipinski definition) is 3. The molecule has 0 spiro atoms. The van der Waals surface area contributed by atoms with E-state index >= 15 is 0 Å². The summed E-state index contributed by atoms with van der Waals surface area (Å²) in [5, 5.41) is 3.95. The van der Waals surface area contributed by atoms with Gasteiger partial charge in [0.1, 0.15) is 5.82 Å². The molecule has 27 heavy (non-hydrogen) atoms. The van der Waals surface area contributed by atoms with Crippen molar-refractivity contribution in [3.63, 3.8) is 0 Å². The maximum Gasteiger partial charge on any atom is 0.255 e. The summed E-state index contributed by atoms with van der Waals surface area (Å²) in [5.74, 6) is 0.684. The van der Waals surface area contributed by atoms with E-state index in [-0.39, 0.29) is 5.91 Å². The summed E-state index contributed by atoms with van der Waals surface area (Å²) in [6.45, 7) is 3.78. The molecule has 0 saturated carbocycles. The summed E-state index contributed by atoms with van der Waals surface area (Å²) in [4.78, 5) is 18.9. The average molecular weight is 380 g/mol. The van der Waals surface area contributed by atoms with Crippen molar-refractivity contribution in [1.29, 1.82) is 0 Å². The molecule has 0 fully saturated rings. The summed E-state index contributed by atoms with van der Waals surface area (Å²) in [7, 11) is 0. The van der Waals surface area contributed by atoms with Crippen molar-refractivity contribution in [1.82, 2.24) is 9.88 Å². The molecule has 0 atom stereocenters. The second-order valence-electron chi connectivity index (χ2n) is 6.18. The van der Waals surface area contributed by atoms with Gasteiger partial charge in [-0.05, 0) is 36.2 Å². The predicted octanol–water partition coefficient (Wildman–Crippen LogP) is 5.01. The first-order valence-electron chi connectivity index (χ1n) is 8.94. The van der Waals surface area contributed by atoms with Gasteiger partial charge in [-0.3, -0.25) is 4.79 Å². The van der Waals surface area contributed by atoms with Crippen molar-refractivity contribution >= 4 is 23.3 Å². The minimum atomic E-state index is -0.0218. The van der Waals surface area contributed by atoms with E-state index in [4.69, 9.17) is 11.6 Å². The van der Waals surface area contributed by atoms with E-state index in [0.29, 0.717) is 31.0 Å². The summed E-state index contributed by atoms with van der Waals surface area (Å²) in [6, 6.07) is 21.3. The van der Waals surface area contributed by atoms with Crippen LogP contribution in [0, 0.1) is 0 Å². The lowest BCUT2D eigenvalue weighted by Crippen LogP contribution is -2.30. The number of aromatic nitrogens is 1. The van der Waals surface area contributed by atoms with Gasteiger partial charge >= 0.3 is 0 Å². The lowest BCUT2D eigenvalue weighted by molar-refractivity contribution is 0.0752. The Morgan fingerprint density at radius 2 is 1.78 bits per heavy atom. The fourth-order valence-corrected chi connectivity index (χ4v) is 2.97. The van der Waals surface area contributed by atoms with Gasteiger partial charge in [0.25, 0.3) is 5.91 Å². The third-order valence-corrected chi connectivity index (χ3v) is 4.68. The molecule has 0 radical (unpaired) electrons. The van der Waals surface area contributed by atoms with Gasteiger partial charge in [-0.25, -0.2) is 4.98 Å². The number of amides is 1. The number of anilines is 1. The number of hydrogen-bond donors (Lipinski definition) is 1. The van der Waals surface area contributed by atoms with E-state index in [1.165, 1.54) is 0 Å². The number of carbonyl (C=O) groups is 1. The third kappa shape index (κ3) is 5.08. The number of nitrogens with one attached hydrogen (secondary N) is 1. The minimum Gasteiger partial charge on any atom is -0.366 e. The van der Waals surface area contributed by atoms with Crippen LogP contribution in [0.3, 0.4) is 0 Å². The Hall–Kier alpha value is -2.85. The number of rotatable bonds is 7. The lowest BCUT2D eigenvalue weighted by atomic mass is 10.2. The molecular formula is C22H22ClN3O. The van der Waals surface area contributed by atoms with Crippen molar-refractivity contribution in [3.05, 3.63) is 94.6 Å². The SMILES string of the molecule is CCN(Cc1ccccc1)C(=O)c1ccc(NCc2ccccc2Cl)nc1. The van der Waals surface area contributed by atoms with E-state index in [1.807, 2.05) is 72.5 Å². The van der Waals surface area contributed by atoms with E-state index in [2.05, 4.69) is 10.3 Å². The number of nitrogens with zero attached hydrogens (tertiary/aromatic N) is 2. The number of pyridine rings is 1. The Morgan fingerprint density at radius 1 is 1.04 bits per heavy atom. The molecule has 2 aromatic carbocycles. The molecule has 0 bridgehead atoms. The quantitative estimate of drug-likeness (QED) is 0.627. The van der Waals surface area contributed by atoms with Crippen LogP contribution in [0.25, 0.3) is 0 Å². The predicted molar refractivity (Wildman–Crippen MR) is 110 cm³/mol. The molecular weight excluding hydrogens is 358 g/mol. The fraction of sp³-hybridized carbons (Fsp3) is 0.182. The van der Waals surface area contributed by atoms with Crippen LogP contribution in [-0.4, -0.2) is 22.3 Å². The molecule has 3 rings (SSSR count). The van der Waals surface area contributed by atoms with E-state index in [0.717, 1.165) is 16.1 Å². The van der Waals surface area contributed by atoms with Crippen LogP contribution in [0.4, 0.5) is 5.82 Å². The zero-order valence-corrected chi connectivity index (χ0v) is 16.0. The van der Waals surface area contributed by atoms with Gasteiger partial charge in [0.2, 0.25) is 0 Å². The third-order valence-electron chi connectivity index (χ3n) is 4.31. The zero-order valence-electron chi connectivity index (χ0n) is 15.2. The zero-order chi connectivity index (χ0) is 19.1. The van der Waals surface area contributed by atoms with Gasteiger partial charge in [-0.2, -0.15) is 0 Å². The highest BCUT2D eigenvalue weighted by molar-refractivity contribution is 6.31. The van der Waals surface area contributed by atoms with Gasteiger partial charge in [0, 0.05) is 30.9 Å². The Balaban J connectivity index is 1.63. The minimum absolute atomic E-state index is 0.0218. The highest BCUT2D eigenvalue weighted by atomic mass is 35.5. The van der Waals surface area contributed by atoms with Crippen LogP contribution in [-0.2, 0) is 13.1 Å². The smallest absolute Gasteiger partial charge is 0.255 e. The van der Waals surface area contributed by atoms with Crippen LogP contribution in [0.5, 0.6) is 0 Å². The van der Waals surface area contributed by atoms with Crippen molar-refractivity contribution in [2.24, 2.45) is 0 Å². The summed E-state index contributed by atoms with van der Waals surface area (Å²) in [5.41, 5.74) is 2.69. The van der Waals surface area contributed by atoms with E-state index in [1.54, 1.807) is 12.3 Å². The summed E-state index contributed by atoms with van der Waals surface area (Å²) < 4.78 is 0. The molecule has 138 valence electrons. The Morgan fingerprint density at radius 3 is 2.44 bits per heavy atom. The van der Waals surface area contributed by atoms with Crippen LogP contribution in [0.1, 0.15) is 28.4 Å². The molecule has 5 heteroatoms. The van der Waals surface area contributed by atoms with Gasteiger partial charge in [0.15, 0.2) is 0 Å². The van der Waals surface area contributed by atoms with Gasteiger partial charge in [-0.1, -0.05) is 60.1 Å². The molecule has 0 unspecified atom stereocenters. The van der Waals surface area contributed by atoms with Gasteiger partial charge < -0.3 is 10.2 Å². The molecule has 1 heterocycles. The molecule has 1 aromatic heterocycles. The van der Waals surface area contributed by atoms with Crippen molar-refractivity contribution in [2.45, 2.75) is 20.0 Å². The second-order valence-corrected chi connectivity index (χ2v) is 6.59. The molecule has 0 saturated heterocycles. The Labute approximate surface area is 164 Å². The first-order valence-corrected chi connectivity index (χ1v) is 9.31. The van der Waals surface area contributed by atoms with Crippen molar-refractivity contribution < 1.29 is 4.79 Å². The molecule has 1 amide bonds. The number of carbonyl (C=O) groups excluding carboxylic acids is 1. The number of benzene rings is 2. The first kappa shape index (κ1) is 18.9. The molecule has 0 aliphatic heterocycles. The van der Waals surface area contributed by atoms with Crippen molar-refractivity contribution in [2.75, 3.05) is 11.9 Å².